The Labute approximate surface area is 57.7 Å². The van der Waals surface area contributed by atoms with Crippen molar-refractivity contribution in [1.82, 2.24) is 5.32 Å². The zero-order chi connectivity index (χ0) is 7.98. The molecule has 3 N–H and O–H groups in total. The number of alkyl halides is 2. The van der Waals surface area contributed by atoms with Crippen molar-refractivity contribution < 1.29 is 19.0 Å². The first kappa shape index (κ1) is 9.74. The Morgan fingerprint density at radius 2 is 1.90 bits per heavy atom. The van der Waals surface area contributed by atoms with Crippen molar-refractivity contribution in [2.75, 3.05) is 19.7 Å². The number of nitrogens with one attached hydrogen (secondary N) is 1. The molecule has 0 aliphatic heterocycles. The van der Waals surface area contributed by atoms with E-state index in [-0.39, 0.29) is 6.54 Å². The molecule has 0 amide bonds. The molecule has 0 aromatic heterocycles. The Bertz CT molecular complexity index is 82.0. The van der Waals surface area contributed by atoms with Crippen molar-refractivity contribution in [3.05, 3.63) is 0 Å². The minimum absolute atomic E-state index is 0.000833. The van der Waals surface area contributed by atoms with Crippen molar-refractivity contribution in [3.8, 4) is 0 Å². The SMILES string of the molecule is OCC(O)CNCC(F)F. The van der Waals surface area contributed by atoms with Crippen molar-refractivity contribution in [2.24, 2.45) is 0 Å². The lowest BCUT2D eigenvalue weighted by Gasteiger charge is -2.07. The van der Waals surface area contributed by atoms with Crippen LogP contribution in [0.2, 0.25) is 0 Å². The predicted molar refractivity (Wildman–Crippen MR) is 32.0 cm³/mol. The zero-order valence-electron chi connectivity index (χ0n) is 5.43. The van der Waals surface area contributed by atoms with Crippen LogP contribution < -0.4 is 5.32 Å². The minimum Gasteiger partial charge on any atom is -0.394 e. The quantitative estimate of drug-likeness (QED) is 0.487. The summed E-state index contributed by atoms with van der Waals surface area (Å²) < 4.78 is 22.8. The van der Waals surface area contributed by atoms with Crippen LogP contribution in [0.3, 0.4) is 0 Å². The summed E-state index contributed by atoms with van der Waals surface area (Å²) in [6.07, 6.45) is -3.36. The molecule has 0 aliphatic rings. The average Bonchev–Trinajstić information content (AvgIpc) is 1.87. The van der Waals surface area contributed by atoms with Gasteiger partial charge in [0.15, 0.2) is 0 Å². The Morgan fingerprint density at radius 1 is 1.30 bits per heavy atom. The van der Waals surface area contributed by atoms with Crippen molar-refractivity contribution in [1.29, 1.82) is 0 Å². The molecule has 1 unspecified atom stereocenters. The first-order valence-electron chi connectivity index (χ1n) is 2.94. The lowest BCUT2D eigenvalue weighted by atomic mass is 10.4. The first-order valence-corrected chi connectivity index (χ1v) is 2.94. The van der Waals surface area contributed by atoms with Gasteiger partial charge in [-0.1, -0.05) is 0 Å². The normalized spacial score (nSPS) is 14.1. The van der Waals surface area contributed by atoms with E-state index in [0.29, 0.717) is 0 Å². The Balaban J connectivity index is 3.03. The highest BCUT2D eigenvalue weighted by molar-refractivity contribution is 4.57. The maximum Gasteiger partial charge on any atom is 0.250 e. The summed E-state index contributed by atoms with van der Waals surface area (Å²) in [5.41, 5.74) is 0. The molecule has 0 aromatic carbocycles. The van der Waals surface area contributed by atoms with Crippen LogP contribution in [-0.4, -0.2) is 42.4 Å². The molecular formula is C5H11F2NO2. The van der Waals surface area contributed by atoms with Gasteiger partial charge in [0.2, 0.25) is 0 Å². The third-order valence-electron chi connectivity index (χ3n) is 0.889. The summed E-state index contributed by atoms with van der Waals surface area (Å²) in [5.74, 6) is 0. The van der Waals surface area contributed by atoms with E-state index in [1.807, 2.05) is 0 Å². The van der Waals surface area contributed by atoms with E-state index in [0.717, 1.165) is 0 Å². The number of halogens is 2. The third-order valence-corrected chi connectivity index (χ3v) is 0.889. The van der Waals surface area contributed by atoms with Gasteiger partial charge < -0.3 is 15.5 Å². The molecule has 1 atom stereocenters. The molecule has 0 heterocycles. The largest absolute Gasteiger partial charge is 0.394 e. The number of aliphatic hydroxyl groups is 2. The van der Waals surface area contributed by atoms with Crippen molar-refractivity contribution in [3.63, 3.8) is 0 Å². The standard InChI is InChI=1S/C5H11F2NO2/c6-5(7)2-8-1-4(10)3-9/h4-5,8-10H,1-3H2. The van der Waals surface area contributed by atoms with E-state index in [1.165, 1.54) is 0 Å². The van der Waals surface area contributed by atoms with E-state index < -0.39 is 25.7 Å². The van der Waals surface area contributed by atoms with Gasteiger partial charge in [-0.05, 0) is 0 Å². The second-order valence-electron chi connectivity index (χ2n) is 1.89. The maximum atomic E-state index is 11.4. The number of rotatable bonds is 5. The maximum absolute atomic E-state index is 11.4. The lowest BCUT2D eigenvalue weighted by molar-refractivity contribution is 0.0857. The van der Waals surface area contributed by atoms with Crippen LogP contribution in [-0.2, 0) is 0 Å². The van der Waals surface area contributed by atoms with E-state index in [4.69, 9.17) is 10.2 Å². The van der Waals surface area contributed by atoms with E-state index in [2.05, 4.69) is 5.32 Å². The highest BCUT2D eigenvalue weighted by Crippen LogP contribution is 1.87. The number of hydrogen-bond acceptors (Lipinski definition) is 3. The molecule has 5 heteroatoms. The van der Waals surface area contributed by atoms with E-state index >= 15 is 0 Å². The monoisotopic (exact) mass is 155 g/mol. The summed E-state index contributed by atoms with van der Waals surface area (Å²) >= 11 is 0. The van der Waals surface area contributed by atoms with Gasteiger partial charge in [-0.15, -0.1) is 0 Å². The molecule has 10 heavy (non-hydrogen) atoms. The van der Waals surface area contributed by atoms with Gasteiger partial charge in [0, 0.05) is 6.54 Å². The third kappa shape index (κ3) is 5.87. The van der Waals surface area contributed by atoms with Crippen molar-refractivity contribution >= 4 is 0 Å². The van der Waals surface area contributed by atoms with Gasteiger partial charge in [0.05, 0.1) is 19.3 Å². The highest BCUT2D eigenvalue weighted by Gasteiger charge is 2.03. The summed E-state index contributed by atoms with van der Waals surface area (Å²) in [7, 11) is 0. The smallest absolute Gasteiger partial charge is 0.250 e. The van der Waals surface area contributed by atoms with Gasteiger partial charge in [-0.2, -0.15) is 0 Å². The van der Waals surface area contributed by atoms with Crippen LogP contribution in [0.25, 0.3) is 0 Å². The van der Waals surface area contributed by atoms with Crippen molar-refractivity contribution in [2.45, 2.75) is 12.5 Å². The van der Waals surface area contributed by atoms with Gasteiger partial charge in [-0.25, -0.2) is 8.78 Å². The summed E-state index contributed by atoms with van der Waals surface area (Å²) in [6.45, 7) is -0.853. The molecule has 0 fully saturated rings. The van der Waals surface area contributed by atoms with E-state index in [9.17, 15) is 8.78 Å². The molecule has 62 valence electrons. The lowest BCUT2D eigenvalue weighted by Crippen LogP contribution is -2.32. The van der Waals surface area contributed by atoms with Crippen LogP contribution in [0.4, 0.5) is 8.78 Å². The average molecular weight is 155 g/mol. The molecular weight excluding hydrogens is 144 g/mol. The fourth-order valence-corrected chi connectivity index (χ4v) is 0.424. The Kier molecular flexibility index (Phi) is 5.38. The topological polar surface area (TPSA) is 52.5 Å². The van der Waals surface area contributed by atoms with Gasteiger partial charge >= 0.3 is 0 Å². The summed E-state index contributed by atoms with van der Waals surface area (Å²) in [4.78, 5) is 0. The Hall–Kier alpha value is -0.260. The molecule has 0 radical (unpaired) electrons. The van der Waals surface area contributed by atoms with Gasteiger partial charge in [0.25, 0.3) is 6.43 Å². The molecule has 0 saturated heterocycles. The van der Waals surface area contributed by atoms with E-state index in [1.54, 1.807) is 0 Å². The zero-order valence-corrected chi connectivity index (χ0v) is 5.43. The molecule has 0 spiro atoms. The second kappa shape index (κ2) is 5.52. The molecule has 0 bridgehead atoms. The van der Waals surface area contributed by atoms with Crippen LogP contribution in [0.1, 0.15) is 0 Å². The van der Waals surface area contributed by atoms with Crippen LogP contribution >= 0.6 is 0 Å². The van der Waals surface area contributed by atoms with Gasteiger partial charge in [-0.3, -0.25) is 0 Å². The van der Waals surface area contributed by atoms with Crippen LogP contribution in [0, 0.1) is 0 Å². The Morgan fingerprint density at radius 3 is 2.30 bits per heavy atom. The van der Waals surface area contributed by atoms with Crippen LogP contribution in [0.15, 0.2) is 0 Å². The van der Waals surface area contributed by atoms with Crippen LogP contribution in [0.5, 0.6) is 0 Å². The highest BCUT2D eigenvalue weighted by atomic mass is 19.3. The number of aliphatic hydroxyl groups excluding tert-OH is 2. The molecule has 0 aromatic rings. The second-order valence-corrected chi connectivity index (χ2v) is 1.89. The summed E-state index contributed by atoms with van der Waals surface area (Å²) in [5, 5.41) is 19.1. The molecule has 0 aliphatic carbocycles. The van der Waals surface area contributed by atoms with Gasteiger partial charge in [0.1, 0.15) is 0 Å². The number of hydrogen-bond donors (Lipinski definition) is 3. The fourth-order valence-electron chi connectivity index (χ4n) is 0.424. The summed E-state index contributed by atoms with van der Waals surface area (Å²) in [6, 6.07) is 0. The molecule has 0 rings (SSSR count). The first-order chi connectivity index (χ1) is 4.66. The minimum atomic E-state index is -2.41. The molecule has 0 saturated carbocycles. The molecule has 3 nitrogen and oxygen atoms in total. The predicted octanol–water partition coefficient (Wildman–Crippen LogP) is -0.806. The fraction of sp³-hybridized carbons (Fsp3) is 1.00.